The maximum atomic E-state index is 13.4. The molecule has 150 valence electrons. The highest BCUT2D eigenvalue weighted by Crippen LogP contribution is 2.41. The van der Waals surface area contributed by atoms with Crippen LogP contribution in [0.1, 0.15) is 27.0 Å². The van der Waals surface area contributed by atoms with Gasteiger partial charge in [-0.3, -0.25) is 14.9 Å². The summed E-state index contributed by atoms with van der Waals surface area (Å²) in [5, 5.41) is 12.9. The highest BCUT2D eigenvalue weighted by atomic mass is 16.6. The molecule has 0 aromatic heterocycles. The van der Waals surface area contributed by atoms with Gasteiger partial charge in [0.05, 0.1) is 10.5 Å². The molecule has 0 N–H and O–H groups in total. The molecule has 0 radical (unpaired) electrons. The molecule has 5 rings (SSSR count). The number of allylic oxidation sites excluding steroid dienone is 1. The second kappa shape index (κ2) is 7.54. The molecule has 0 saturated heterocycles. The van der Waals surface area contributed by atoms with Gasteiger partial charge in [-0.05, 0) is 34.0 Å². The van der Waals surface area contributed by atoms with E-state index in [-0.39, 0.29) is 18.1 Å². The maximum absolute atomic E-state index is 13.4. The summed E-state index contributed by atoms with van der Waals surface area (Å²) in [7, 11) is 0. The Bertz CT molecular complexity index is 1360. The van der Waals surface area contributed by atoms with Crippen LogP contribution in [0.4, 0.5) is 5.69 Å². The predicted octanol–water partition coefficient (Wildman–Crippen LogP) is 6.03. The second-order valence-electron chi connectivity index (χ2n) is 7.32. The van der Waals surface area contributed by atoms with Crippen LogP contribution in [0.5, 0.6) is 0 Å². The van der Waals surface area contributed by atoms with Crippen molar-refractivity contribution in [3.8, 4) is 0 Å². The van der Waals surface area contributed by atoms with Crippen molar-refractivity contribution in [3.63, 3.8) is 0 Å². The van der Waals surface area contributed by atoms with E-state index in [0.717, 1.165) is 27.5 Å². The number of ether oxygens (including phenoxy) is 1. The Labute approximate surface area is 178 Å². The van der Waals surface area contributed by atoms with Crippen LogP contribution >= 0.6 is 0 Å². The van der Waals surface area contributed by atoms with Crippen LogP contribution in [-0.4, -0.2) is 10.7 Å². The van der Waals surface area contributed by atoms with Crippen LogP contribution < -0.4 is 0 Å². The van der Waals surface area contributed by atoms with Gasteiger partial charge in [0.1, 0.15) is 12.4 Å². The van der Waals surface area contributed by atoms with Crippen molar-refractivity contribution in [1.82, 2.24) is 0 Å². The molecule has 1 aliphatic carbocycles. The fourth-order valence-corrected chi connectivity index (χ4v) is 3.96. The topological polar surface area (TPSA) is 69.4 Å². The molecular formula is C26H17NO4. The number of nitrogens with zero attached hydrogens (tertiary/aromatic N) is 1. The summed E-state index contributed by atoms with van der Waals surface area (Å²) in [6.07, 6.45) is 0. The number of carbonyl (C=O) groups is 1. The Hall–Kier alpha value is -4.25. The van der Waals surface area contributed by atoms with E-state index in [2.05, 4.69) is 0 Å². The average molecular weight is 407 g/mol. The molecule has 4 aromatic carbocycles. The lowest BCUT2D eigenvalue weighted by Gasteiger charge is -2.12. The van der Waals surface area contributed by atoms with E-state index < -0.39 is 4.92 Å². The number of fused-ring (bicyclic) bond motifs is 2. The molecule has 31 heavy (non-hydrogen) atoms. The molecule has 0 unspecified atom stereocenters. The first-order valence-corrected chi connectivity index (χ1v) is 9.86. The van der Waals surface area contributed by atoms with E-state index >= 15 is 0 Å². The van der Waals surface area contributed by atoms with Gasteiger partial charge in [0.25, 0.3) is 5.69 Å². The Morgan fingerprint density at radius 3 is 2.16 bits per heavy atom. The van der Waals surface area contributed by atoms with Crippen LogP contribution in [0, 0.1) is 10.1 Å². The van der Waals surface area contributed by atoms with Crippen molar-refractivity contribution in [3.05, 3.63) is 123 Å². The summed E-state index contributed by atoms with van der Waals surface area (Å²) in [5.74, 6) is 0.473. The normalized spacial score (nSPS) is 12.8. The van der Waals surface area contributed by atoms with Crippen molar-refractivity contribution >= 4 is 33.6 Å². The molecule has 0 aliphatic heterocycles. The summed E-state index contributed by atoms with van der Waals surface area (Å²) in [5.41, 5.74) is 3.56. The van der Waals surface area contributed by atoms with Gasteiger partial charge in [0.15, 0.2) is 5.78 Å². The molecule has 4 aromatic rings. The van der Waals surface area contributed by atoms with E-state index in [0.29, 0.717) is 16.9 Å². The van der Waals surface area contributed by atoms with Gasteiger partial charge in [-0.1, -0.05) is 66.7 Å². The van der Waals surface area contributed by atoms with Gasteiger partial charge in [-0.15, -0.1) is 0 Å². The molecule has 5 nitrogen and oxygen atoms in total. The summed E-state index contributed by atoms with van der Waals surface area (Å²) in [6.45, 7) is 0.198. The number of nitro benzene ring substituents is 1. The van der Waals surface area contributed by atoms with E-state index in [4.69, 9.17) is 4.74 Å². The van der Waals surface area contributed by atoms with Gasteiger partial charge >= 0.3 is 0 Å². The van der Waals surface area contributed by atoms with Crippen LogP contribution in [0.25, 0.3) is 22.1 Å². The number of carbonyl (C=O) groups excluding carboxylic acids is 1. The Kier molecular flexibility index (Phi) is 4.56. The largest absolute Gasteiger partial charge is 0.487 e. The van der Waals surface area contributed by atoms with Crippen molar-refractivity contribution < 1.29 is 14.5 Å². The lowest BCUT2D eigenvalue weighted by atomic mass is 9.96. The lowest BCUT2D eigenvalue weighted by Crippen LogP contribution is -2.00. The number of Topliss-reactive ketones (excluding diaryl/α,β-unsaturated/α-hetero) is 1. The Morgan fingerprint density at radius 2 is 1.39 bits per heavy atom. The summed E-state index contributed by atoms with van der Waals surface area (Å²) < 4.78 is 6.19. The SMILES string of the molecule is O=C1C(c2cccc3ccccc23)=C(OCc2ccc([N+](=O)[O-])cc2)c2ccccc21. The third-order valence-electron chi connectivity index (χ3n) is 5.46. The molecule has 0 bridgehead atoms. The molecule has 0 fully saturated rings. The molecule has 1 aliphatic rings. The molecular weight excluding hydrogens is 390 g/mol. The predicted molar refractivity (Wildman–Crippen MR) is 119 cm³/mol. The molecule has 0 atom stereocenters. The van der Waals surface area contributed by atoms with E-state index in [1.165, 1.54) is 12.1 Å². The van der Waals surface area contributed by atoms with Crippen molar-refractivity contribution in [2.45, 2.75) is 6.61 Å². The van der Waals surface area contributed by atoms with Crippen molar-refractivity contribution in [1.29, 1.82) is 0 Å². The zero-order valence-corrected chi connectivity index (χ0v) is 16.4. The Morgan fingerprint density at radius 1 is 0.742 bits per heavy atom. The first kappa shape index (κ1) is 18.8. The number of ketones is 1. The van der Waals surface area contributed by atoms with Crippen molar-refractivity contribution in [2.75, 3.05) is 0 Å². The number of nitro groups is 1. The van der Waals surface area contributed by atoms with E-state index in [1.807, 2.05) is 66.7 Å². The zero-order chi connectivity index (χ0) is 21.4. The fraction of sp³-hybridized carbons (Fsp3) is 0.0385. The van der Waals surface area contributed by atoms with Crippen LogP contribution in [0.15, 0.2) is 91.0 Å². The van der Waals surface area contributed by atoms with Gasteiger partial charge < -0.3 is 4.74 Å². The quantitative estimate of drug-likeness (QED) is 0.299. The van der Waals surface area contributed by atoms with Gasteiger partial charge in [-0.2, -0.15) is 0 Å². The van der Waals surface area contributed by atoms with Gasteiger partial charge in [0.2, 0.25) is 0 Å². The highest BCUT2D eigenvalue weighted by Gasteiger charge is 2.32. The molecule has 0 spiro atoms. The summed E-state index contributed by atoms with van der Waals surface area (Å²) in [4.78, 5) is 23.8. The number of benzene rings is 4. The highest BCUT2D eigenvalue weighted by molar-refractivity contribution is 6.40. The molecule has 0 amide bonds. The first-order valence-electron chi connectivity index (χ1n) is 9.86. The van der Waals surface area contributed by atoms with Crippen LogP contribution in [-0.2, 0) is 11.3 Å². The number of rotatable bonds is 5. The van der Waals surface area contributed by atoms with Gasteiger partial charge in [0, 0.05) is 23.3 Å². The molecule has 0 saturated carbocycles. The minimum atomic E-state index is -0.433. The second-order valence-corrected chi connectivity index (χ2v) is 7.32. The fourth-order valence-electron chi connectivity index (χ4n) is 3.96. The standard InChI is InChI=1S/C26H17NO4/c28-25-22-9-3-4-10-23(22)26(31-16-17-12-14-19(15-13-17)27(29)30)24(25)21-11-5-7-18-6-1-2-8-20(18)21/h1-15H,16H2. The lowest BCUT2D eigenvalue weighted by molar-refractivity contribution is -0.384. The van der Waals surface area contributed by atoms with E-state index in [1.54, 1.807) is 12.1 Å². The average Bonchev–Trinajstić information content (AvgIpc) is 3.09. The van der Waals surface area contributed by atoms with Crippen LogP contribution in [0.3, 0.4) is 0 Å². The first-order chi connectivity index (χ1) is 15.1. The molecule has 5 heteroatoms. The van der Waals surface area contributed by atoms with E-state index in [9.17, 15) is 14.9 Å². The van der Waals surface area contributed by atoms with Crippen molar-refractivity contribution in [2.24, 2.45) is 0 Å². The monoisotopic (exact) mass is 407 g/mol. The minimum absolute atomic E-state index is 0.0285. The number of non-ortho nitro benzene ring substituents is 1. The molecule has 0 heterocycles. The third kappa shape index (κ3) is 3.26. The van der Waals surface area contributed by atoms with Gasteiger partial charge in [-0.25, -0.2) is 0 Å². The zero-order valence-electron chi connectivity index (χ0n) is 16.4. The number of hydrogen-bond donors (Lipinski definition) is 0. The number of hydrogen-bond acceptors (Lipinski definition) is 4. The summed E-state index contributed by atoms with van der Waals surface area (Å²) >= 11 is 0. The Balaban J connectivity index is 1.60. The summed E-state index contributed by atoms with van der Waals surface area (Å²) in [6, 6.07) is 27.5. The minimum Gasteiger partial charge on any atom is -0.487 e. The smallest absolute Gasteiger partial charge is 0.269 e. The maximum Gasteiger partial charge on any atom is 0.269 e. The van der Waals surface area contributed by atoms with Crippen LogP contribution in [0.2, 0.25) is 0 Å². The third-order valence-corrected chi connectivity index (χ3v) is 5.46.